The maximum absolute atomic E-state index is 13.0. The predicted octanol–water partition coefficient (Wildman–Crippen LogP) is 3.79. The Hall–Kier alpha value is -3.79. The van der Waals surface area contributed by atoms with Crippen LogP contribution in [0.15, 0.2) is 77.7 Å². The molecule has 0 atom stereocenters. The number of rotatable bonds is 6. The summed E-state index contributed by atoms with van der Waals surface area (Å²) in [6.45, 7) is 0. The number of halogens is 1. The van der Waals surface area contributed by atoms with Crippen molar-refractivity contribution in [1.29, 1.82) is 0 Å². The highest BCUT2D eigenvalue weighted by molar-refractivity contribution is 7.92. The van der Waals surface area contributed by atoms with Crippen LogP contribution in [0.25, 0.3) is 0 Å². The van der Waals surface area contributed by atoms with Gasteiger partial charge in [-0.25, -0.2) is 12.8 Å². The third kappa shape index (κ3) is 4.93. The van der Waals surface area contributed by atoms with Crippen molar-refractivity contribution in [2.45, 2.75) is 4.90 Å². The van der Waals surface area contributed by atoms with E-state index in [4.69, 9.17) is 0 Å². The van der Waals surface area contributed by atoms with Crippen LogP contribution in [-0.2, 0) is 10.0 Å². The molecule has 2 N–H and O–H groups in total. The molecule has 3 rings (SSSR count). The van der Waals surface area contributed by atoms with Gasteiger partial charge in [0.25, 0.3) is 21.6 Å². The Kier molecular flexibility index (Phi) is 5.55. The third-order valence-electron chi connectivity index (χ3n) is 3.86. The molecular weight excluding hydrogens is 401 g/mol. The topological polar surface area (TPSA) is 118 Å². The molecule has 0 radical (unpaired) electrons. The molecule has 3 aromatic rings. The summed E-state index contributed by atoms with van der Waals surface area (Å²) < 4.78 is 39.9. The number of nitro groups is 1. The molecule has 0 fully saturated rings. The van der Waals surface area contributed by atoms with Crippen molar-refractivity contribution in [2.75, 3.05) is 10.0 Å². The van der Waals surface area contributed by atoms with Gasteiger partial charge in [0, 0.05) is 29.1 Å². The minimum Gasteiger partial charge on any atom is -0.322 e. The van der Waals surface area contributed by atoms with Gasteiger partial charge in [0.2, 0.25) is 0 Å². The highest BCUT2D eigenvalue weighted by Gasteiger charge is 2.15. The highest BCUT2D eigenvalue weighted by atomic mass is 32.2. The fourth-order valence-corrected chi connectivity index (χ4v) is 3.45. The number of nitro benzene ring substituents is 1. The van der Waals surface area contributed by atoms with Crippen molar-refractivity contribution >= 4 is 33.0 Å². The van der Waals surface area contributed by atoms with Gasteiger partial charge in [-0.15, -0.1) is 0 Å². The molecule has 148 valence electrons. The Labute approximate surface area is 165 Å². The van der Waals surface area contributed by atoms with E-state index >= 15 is 0 Å². The van der Waals surface area contributed by atoms with Crippen LogP contribution in [0, 0.1) is 15.9 Å². The first-order valence-electron chi connectivity index (χ1n) is 8.19. The molecular formula is C19H14FN3O5S. The van der Waals surface area contributed by atoms with Gasteiger partial charge in [-0.1, -0.05) is 0 Å². The van der Waals surface area contributed by atoms with Crippen LogP contribution in [0.5, 0.6) is 0 Å². The normalized spacial score (nSPS) is 10.9. The summed E-state index contributed by atoms with van der Waals surface area (Å²) in [5, 5.41) is 13.2. The lowest BCUT2D eigenvalue weighted by Crippen LogP contribution is -2.14. The van der Waals surface area contributed by atoms with E-state index < -0.39 is 26.7 Å². The number of non-ortho nitro benzene ring substituents is 1. The van der Waals surface area contributed by atoms with Crippen molar-refractivity contribution in [2.24, 2.45) is 0 Å². The lowest BCUT2D eigenvalue weighted by Gasteiger charge is -2.09. The summed E-state index contributed by atoms with van der Waals surface area (Å²) in [6, 6.07) is 15.4. The van der Waals surface area contributed by atoms with Gasteiger partial charge in [-0.05, 0) is 60.7 Å². The lowest BCUT2D eigenvalue weighted by molar-refractivity contribution is -0.384. The van der Waals surface area contributed by atoms with E-state index in [0.717, 1.165) is 24.3 Å². The molecule has 0 unspecified atom stereocenters. The number of sulfonamides is 1. The fraction of sp³-hybridized carbons (Fsp3) is 0. The fourth-order valence-electron chi connectivity index (χ4n) is 2.39. The Balaban J connectivity index is 1.68. The number of hydrogen-bond acceptors (Lipinski definition) is 5. The summed E-state index contributed by atoms with van der Waals surface area (Å²) in [5.74, 6) is -1.01. The maximum Gasteiger partial charge on any atom is 0.269 e. The number of hydrogen-bond donors (Lipinski definition) is 2. The molecule has 1 amide bonds. The average molecular weight is 415 g/mol. The summed E-state index contributed by atoms with van der Waals surface area (Å²) in [4.78, 5) is 22.3. The second-order valence-corrected chi connectivity index (χ2v) is 7.58. The molecule has 8 nitrogen and oxygen atoms in total. The number of nitrogens with one attached hydrogen (secondary N) is 2. The Morgan fingerprint density at radius 3 is 1.97 bits per heavy atom. The van der Waals surface area contributed by atoms with Crippen LogP contribution >= 0.6 is 0 Å². The molecule has 0 saturated heterocycles. The van der Waals surface area contributed by atoms with Crippen LogP contribution in [-0.4, -0.2) is 19.2 Å². The molecule has 29 heavy (non-hydrogen) atoms. The number of anilines is 2. The van der Waals surface area contributed by atoms with Crippen molar-refractivity contribution < 1.29 is 22.5 Å². The van der Waals surface area contributed by atoms with Gasteiger partial charge in [0.1, 0.15) is 5.82 Å². The first-order valence-corrected chi connectivity index (χ1v) is 9.67. The second-order valence-electron chi connectivity index (χ2n) is 5.89. The van der Waals surface area contributed by atoms with Gasteiger partial charge in [0.15, 0.2) is 0 Å². The van der Waals surface area contributed by atoms with Crippen LogP contribution < -0.4 is 10.0 Å². The smallest absolute Gasteiger partial charge is 0.269 e. The van der Waals surface area contributed by atoms with Gasteiger partial charge in [-0.3, -0.25) is 19.6 Å². The molecule has 10 heteroatoms. The van der Waals surface area contributed by atoms with Crippen LogP contribution in [0.2, 0.25) is 0 Å². The second kappa shape index (κ2) is 8.07. The van der Waals surface area contributed by atoms with Crippen LogP contribution in [0.1, 0.15) is 10.4 Å². The number of amides is 1. The van der Waals surface area contributed by atoms with Gasteiger partial charge < -0.3 is 5.32 Å². The zero-order chi connectivity index (χ0) is 21.0. The molecule has 0 bridgehead atoms. The van der Waals surface area contributed by atoms with Crippen molar-refractivity contribution in [3.63, 3.8) is 0 Å². The largest absolute Gasteiger partial charge is 0.322 e. The maximum atomic E-state index is 13.0. The monoisotopic (exact) mass is 415 g/mol. The number of nitrogens with zero attached hydrogens (tertiary/aromatic N) is 1. The minimum absolute atomic E-state index is 0.0965. The van der Waals surface area contributed by atoms with E-state index in [9.17, 15) is 27.7 Å². The average Bonchev–Trinajstić information content (AvgIpc) is 2.69. The van der Waals surface area contributed by atoms with E-state index in [1.807, 2.05) is 0 Å². The van der Waals surface area contributed by atoms with Crippen molar-refractivity contribution in [3.8, 4) is 0 Å². The van der Waals surface area contributed by atoms with Crippen LogP contribution in [0.4, 0.5) is 21.5 Å². The Morgan fingerprint density at radius 1 is 0.862 bits per heavy atom. The first-order chi connectivity index (χ1) is 13.7. The molecule has 0 aromatic heterocycles. The molecule has 0 aliphatic carbocycles. The lowest BCUT2D eigenvalue weighted by atomic mass is 10.2. The highest BCUT2D eigenvalue weighted by Crippen LogP contribution is 2.19. The van der Waals surface area contributed by atoms with E-state index in [-0.39, 0.29) is 21.8 Å². The van der Waals surface area contributed by atoms with Crippen molar-refractivity contribution in [3.05, 3.63) is 94.3 Å². The molecule has 0 aliphatic rings. The SMILES string of the molecule is O=C(Nc1ccc([N+](=O)[O-])cc1)c1ccc(NS(=O)(=O)c2ccc(F)cc2)cc1. The zero-order valence-corrected chi connectivity index (χ0v) is 15.5. The number of carbonyl (C=O) groups is 1. The van der Waals surface area contributed by atoms with Crippen molar-refractivity contribution in [1.82, 2.24) is 0 Å². The standard InChI is InChI=1S/C19H14FN3O5S/c20-14-3-11-18(12-4-14)29(27,28)22-16-5-1-13(2-6-16)19(24)21-15-7-9-17(10-8-15)23(25)26/h1-12,22H,(H,21,24). The molecule has 0 spiro atoms. The predicted molar refractivity (Wildman–Crippen MR) is 105 cm³/mol. The molecule has 0 heterocycles. The summed E-state index contributed by atoms with van der Waals surface area (Å²) in [7, 11) is -3.90. The number of carbonyl (C=O) groups excluding carboxylic acids is 1. The van der Waals surface area contributed by atoms with Gasteiger partial charge in [-0.2, -0.15) is 0 Å². The van der Waals surface area contributed by atoms with Gasteiger partial charge in [0.05, 0.1) is 9.82 Å². The Bertz CT molecular complexity index is 1150. The third-order valence-corrected chi connectivity index (χ3v) is 5.26. The summed E-state index contributed by atoms with van der Waals surface area (Å²) in [6.07, 6.45) is 0. The minimum atomic E-state index is -3.90. The number of benzene rings is 3. The Morgan fingerprint density at radius 2 is 1.41 bits per heavy atom. The molecule has 3 aromatic carbocycles. The molecule has 0 saturated carbocycles. The quantitative estimate of drug-likeness (QED) is 0.469. The van der Waals surface area contributed by atoms with E-state index in [2.05, 4.69) is 10.0 Å². The van der Waals surface area contributed by atoms with E-state index in [1.165, 1.54) is 48.5 Å². The van der Waals surface area contributed by atoms with E-state index in [1.54, 1.807) is 0 Å². The zero-order valence-electron chi connectivity index (χ0n) is 14.7. The summed E-state index contributed by atoms with van der Waals surface area (Å²) >= 11 is 0. The first kappa shape index (κ1) is 20.0. The van der Waals surface area contributed by atoms with Crippen LogP contribution in [0.3, 0.4) is 0 Å². The van der Waals surface area contributed by atoms with Gasteiger partial charge >= 0.3 is 0 Å². The molecule has 0 aliphatic heterocycles. The van der Waals surface area contributed by atoms with E-state index in [0.29, 0.717) is 5.69 Å². The summed E-state index contributed by atoms with van der Waals surface area (Å²) in [5.41, 5.74) is 0.761.